The minimum Gasteiger partial charge on any atom is -0.393 e. The van der Waals surface area contributed by atoms with Gasteiger partial charge in [0.1, 0.15) is 0 Å². The molecule has 1 saturated carbocycles. The van der Waals surface area contributed by atoms with Gasteiger partial charge in [-0.05, 0) is 52.1 Å². The maximum Gasteiger partial charge on any atom is 0.315 e. The molecule has 1 aromatic carbocycles. The van der Waals surface area contributed by atoms with E-state index in [0.29, 0.717) is 0 Å². The molecule has 1 aliphatic rings. The normalized spacial score (nSPS) is 21.5. The molecule has 2 amide bonds. The van der Waals surface area contributed by atoms with Crippen molar-refractivity contribution in [2.75, 3.05) is 13.6 Å². The van der Waals surface area contributed by atoms with E-state index in [2.05, 4.69) is 34.7 Å². The average Bonchev–Trinajstić information content (AvgIpc) is 2.49. The van der Waals surface area contributed by atoms with Crippen LogP contribution in [0.15, 0.2) is 30.3 Å². The van der Waals surface area contributed by atoms with E-state index >= 15 is 0 Å². The Kier molecular flexibility index (Phi) is 6.63. The lowest BCUT2D eigenvalue weighted by Crippen LogP contribution is -2.55. The van der Waals surface area contributed by atoms with Gasteiger partial charge >= 0.3 is 6.03 Å². The van der Waals surface area contributed by atoms with Gasteiger partial charge in [-0.3, -0.25) is 4.90 Å². The first-order valence-electron chi connectivity index (χ1n) is 8.83. The largest absolute Gasteiger partial charge is 0.393 e. The van der Waals surface area contributed by atoms with E-state index in [-0.39, 0.29) is 23.7 Å². The van der Waals surface area contributed by atoms with Crippen LogP contribution in [0.1, 0.15) is 45.1 Å². The van der Waals surface area contributed by atoms with Crippen molar-refractivity contribution in [1.82, 2.24) is 15.5 Å². The van der Waals surface area contributed by atoms with Crippen LogP contribution >= 0.6 is 0 Å². The van der Waals surface area contributed by atoms with Gasteiger partial charge in [0, 0.05) is 24.7 Å². The maximum absolute atomic E-state index is 12.2. The zero-order chi connectivity index (χ0) is 17.6. The maximum atomic E-state index is 12.2. The average molecular weight is 333 g/mol. The number of urea groups is 1. The number of hydrogen-bond donors (Lipinski definition) is 3. The molecule has 5 heteroatoms. The van der Waals surface area contributed by atoms with Crippen molar-refractivity contribution < 1.29 is 9.90 Å². The highest BCUT2D eigenvalue weighted by Crippen LogP contribution is 2.18. The van der Waals surface area contributed by atoms with Crippen molar-refractivity contribution in [3.05, 3.63) is 35.9 Å². The topological polar surface area (TPSA) is 64.6 Å². The third-order valence-electron chi connectivity index (χ3n) is 4.44. The highest BCUT2D eigenvalue weighted by molar-refractivity contribution is 5.75. The zero-order valence-corrected chi connectivity index (χ0v) is 15.1. The lowest BCUT2D eigenvalue weighted by atomic mass is 9.93. The third-order valence-corrected chi connectivity index (χ3v) is 4.44. The highest BCUT2D eigenvalue weighted by atomic mass is 16.3. The summed E-state index contributed by atoms with van der Waals surface area (Å²) in [6, 6.07) is 10.4. The fourth-order valence-corrected chi connectivity index (χ4v) is 3.41. The number of likely N-dealkylation sites (N-methyl/N-ethyl adjacent to an activating group) is 1. The van der Waals surface area contributed by atoms with Crippen LogP contribution in [0.25, 0.3) is 0 Å². The number of amides is 2. The number of aliphatic hydroxyl groups is 1. The quantitative estimate of drug-likeness (QED) is 0.749. The summed E-state index contributed by atoms with van der Waals surface area (Å²) < 4.78 is 0. The number of aliphatic hydroxyl groups excluding tert-OH is 1. The van der Waals surface area contributed by atoms with Gasteiger partial charge in [-0.1, -0.05) is 30.3 Å². The first kappa shape index (κ1) is 18.7. The summed E-state index contributed by atoms with van der Waals surface area (Å²) in [6.07, 6.45) is 3.04. The molecule has 1 aromatic rings. The summed E-state index contributed by atoms with van der Waals surface area (Å²) in [7, 11) is 2.07. The van der Waals surface area contributed by atoms with Gasteiger partial charge in [-0.2, -0.15) is 0 Å². The molecule has 0 unspecified atom stereocenters. The zero-order valence-electron chi connectivity index (χ0n) is 15.1. The second kappa shape index (κ2) is 8.49. The van der Waals surface area contributed by atoms with Gasteiger partial charge in [-0.25, -0.2) is 4.79 Å². The molecule has 0 atom stereocenters. The lowest BCUT2D eigenvalue weighted by molar-refractivity contribution is 0.117. The molecule has 0 bridgehead atoms. The summed E-state index contributed by atoms with van der Waals surface area (Å²) >= 11 is 0. The van der Waals surface area contributed by atoms with E-state index in [1.54, 1.807) is 0 Å². The Balaban J connectivity index is 1.76. The molecule has 0 heterocycles. The number of rotatable bonds is 6. The van der Waals surface area contributed by atoms with Crippen molar-refractivity contribution >= 4 is 6.03 Å². The minimum atomic E-state index is -0.318. The van der Waals surface area contributed by atoms with Crippen LogP contribution in [0.2, 0.25) is 0 Å². The Morgan fingerprint density at radius 2 is 1.83 bits per heavy atom. The fraction of sp³-hybridized carbons (Fsp3) is 0.632. The Labute approximate surface area is 145 Å². The smallest absolute Gasteiger partial charge is 0.315 e. The predicted molar refractivity (Wildman–Crippen MR) is 96.8 cm³/mol. The van der Waals surface area contributed by atoms with Gasteiger partial charge in [0.25, 0.3) is 0 Å². The number of nitrogens with one attached hydrogen (secondary N) is 2. The molecule has 2 rings (SSSR count). The Bertz CT molecular complexity index is 511. The summed E-state index contributed by atoms with van der Waals surface area (Å²) in [5.74, 6) is 0. The molecule has 134 valence electrons. The van der Waals surface area contributed by atoms with Crippen LogP contribution in [0.3, 0.4) is 0 Å². The second-order valence-corrected chi connectivity index (χ2v) is 7.65. The number of carbonyl (C=O) groups is 1. The molecule has 0 aliphatic heterocycles. The van der Waals surface area contributed by atoms with Crippen molar-refractivity contribution in [3.63, 3.8) is 0 Å². The van der Waals surface area contributed by atoms with Crippen molar-refractivity contribution in [1.29, 1.82) is 0 Å². The molecule has 3 N–H and O–H groups in total. The molecule has 5 nitrogen and oxygen atoms in total. The van der Waals surface area contributed by atoms with E-state index in [1.165, 1.54) is 5.56 Å². The number of carbonyl (C=O) groups excluding carboxylic acids is 1. The first-order chi connectivity index (χ1) is 11.3. The summed E-state index contributed by atoms with van der Waals surface area (Å²) in [6.45, 7) is 5.70. The molecule has 1 aliphatic carbocycles. The summed E-state index contributed by atoms with van der Waals surface area (Å²) in [4.78, 5) is 14.5. The summed E-state index contributed by atoms with van der Waals surface area (Å²) in [5, 5.41) is 15.6. The van der Waals surface area contributed by atoms with Crippen molar-refractivity contribution in [2.24, 2.45) is 0 Å². The van der Waals surface area contributed by atoms with Crippen LogP contribution < -0.4 is 10.6 Å². The third kappa shape index (κ3) is 6.49. The molecule has 0 spiro atoms. The lowest BCUT2D eigenvalue weighted by Gasteiger charge is -2.33. The van der Waals surface area contributed by atoms with Crippen LogP contribution in [0.5, 0.6) is 0 Å². The van der Waals surface area contributed by atoms with Gasteiger partial charge in [0.2, 0.25) is 0 Å². The van der Waals surface area contributed by atoms with Crippen molar-refractivity contribution in [3.8, 4) is 0 Å². The van der Waals surface area contributed by atoms with E-state index < -0.39 is 0 Å². The van der Waals surface area contributed by atoms with Crippen LogP contribution in [0, 0.1) is 0 Å². The highest BCUT2D eigenvalue weighted by Gasteiger charge is 2.25. The number of benzene rings is 1. The van der Waals surface area contributed by atoms with Gasteiger partial charge in [0.15, 0.2) is 0 Å². The molecule has 24 heavy (non-hydrogen) atoms. The van der Waals surface area contributed by atoms with Gasteiger partial charge in [-0.15, -0.1) is 0 Å². The second-order valence-electron chi connectivity index (χ2n) is 7.65. The monoisotopic (exact) mass is 333 g/mol. The molecule has 0 radical (unpaired) electrons. The van der Waals surface area contributed by atoms with E-state index in [4.69, 9.17) is 0 Å². The minimum absolute atomic E-state index is 0.116. The predicted octanol–water partition coefficient (Wildman–Crippen LogP) is 2.50. The van der Waals surface area contributed by atoms with Crippen LogP contribution in [-0.2, 0) is 6.54 Å². The molecular weight excluding hydrogens is 302 g/mol. The van der Waals surface area contributed by atoms with E-state index in [0.717, 1.165) is 38.8 Å². The fourth-order valence-electron chi connectivity index (χ4n) is 3.41. The molecule has 1 fully saturated rings. The Morgan fingerprint density at radius 1 is 1.21 bits per heavy atom. The van der Waals surface area contributed by atoms with Gasteiger partial charge in [0.05, 0.1) is 6.10 Å². The standard InChI is InChI=1S/C19H31N3O2/c1-19(2,14-22(3)13-15-7-5-4-6-8-15)21-18(24)20-16-9-11-17(23)12-10-16/h4-8,16-17,23H,9-14H2,1-3H3,(H2,20,21,24). The number of nitrogens with zero attached hydrogens (tertiary/aromatic N) is 1. The van der Waals surface area contributed by atoms with Crippen molar-refractivity contribution in [2.45, 2.75) is 63.8 Å². The molecule has 0 aromatic heterocycles. The van der Waals surface area contributed by atoms with E-state index in [1.807, 2.05) is 32.0 Å². The Morgan fingerprint density at radius 3 is 2.46 bits per heavy atom. The first-order valence-corrected chi connectivity index (χ1v) is 8.83. The van der Waals surface area contributed by atoms with E-state index in [9.17, 15) is 9.90 Å². The molecular formula is C19H31N3O2. The van der Waals surface area contributed by atoms with Crippen LogP contribution in [0.4, 0.5) is 4.79 Å². The number of hydrogen-bond acceptors (Lipinski definition) is 3. The molecule has 0 saturated heterocycles. The SMILES string of the molecule is CN(Cc1ccccc1)CC(C)(C)NC(=O)NC1CCC(O)CC1. The van der Waals surface area contributed by atoms with Gasteiger partial charge < -0.3 is 15.7 Å². The summed E-state index contributed by atoms with van der Waals surface area (Å²) in [5.41, 5.74) is 0.947. The Hall–Kier alpha value is -1.59. The van der Waals surface area contributed by atoms with Crippen LogP contribution in [-0.4, -0.2) is 47.3 Å².